The Morgan fingerprint density at radius 3 is 2.15 bits per heavy atom. The predicted octanol–water partition coefficient (Wildman–Crippen LogP) is 5.00. The SMILES string of the molecule is Cc1ccc(F)c(N2CCC(C3CCN(C(=O)OC(C)(C)C)CC3)CC2)c1. The van der Waals surface area contributed by atoms with Gasteiger partial charge in [0.25, 0.3) is 0 Å². The van der Waals surface area contributed by atoms with Crippen LogP contribution in [0.15, 0.2) is 18.2 Å². The van der Waals surface area contributed by atoms with Crippen LogP contribution in [-0.2, 0) is 4.74 Å². The fraction of sp³-hybridized carbons (Fsp3) is 0.682. The number of halogens is 1. The number of hydrogen-bond acceptors (Lipinski definition) is 3. The molecule has 2 fully saturated rings. The van der Waals surface area contributed by atoms with Crippen LogP contribution in [0.3, 0.4) is 0 Å². The van der Waals surface area contributed by atoms with Crippen molar-refractivity contribution in [1.82, 2.24) is 4.90 Å². The molecule has 150 valence electrons. The molecule has 0 aromatic heterocycles. The summed E-state index contributed by atoms with van der Waals surface area (Å²) in [7, 11) is 0. The molecule has 0 unspecified atom stereocenters. The smallest absolute Gasteiger partial charge is 0.410 e. The van der Waals surface area contributed by atoms with Crippen LogP contribution in [-0.4, -0.2) is 42.8 Å². The molecule has 0 spiro atoms. The second kappa shape index (κ2) is 8.07. The van der Waals surface area contributed by atoms with Crippen LogP contribution < -0.4 is 4.90 Å². The molecule has 0 atom stereocenters. The summed E-state index contributed by atoms with van der Waals surface area (Å²) in [5.41, 5.74) is 1.41. The minimum Gasteiger partial charge on any atom is -0.444 e. The molecule has 5 heteroatoms. The molecule has 2 aliphatic rings. The third-order valence-corrected chi connectivity index (χ3v) is 5.84. The number of amides is 1. The molecule has 1 aromatic carbocycles. The van der Waals surface area contributed by atoms with Crippen LogP contribution in [0.25, 0.3) is 0 Å². The average Bonchev–Trinajstić information content (AvgIpc) is 2.63. The molecule has 0 saturated carbocycles. The van der Waals surface area contributed by atoms with Crippen molar-refractivity contribution in [2.75, 3.05) is 31.1 Å². The number of likely N-dealkylation sites (tertiary alicyclic amines) is 1. The van der Waals surface area contributed by atoms with Gasteiger partial charge in [-0.25, -0.2) is 9.18 Å². The number of benzene rings is 1. The van der Waals surface area contributed by atoms with Crippen LogP contribution in [0.4, 0.5) is 14.9 Å². The normalized spacial score (nSPS) is 20.0. The molecule has 2 heterocycles. The molecule has 3 rings (SSSR count). The molecule has 1 aromatic rings. The first-order valence-electron chi connectivity index (χ1n) is 10.2. The first kappa shape index (κ1) is 20.0. The summed E-state index contributed by atoms with van der Waals surface area (Å²) in [5.74, 6) is 1.22. The molecule has 0 N–H and O–H groups in total. The van der Waals surface area contributed by atoms with E-state index in [2.05, 4.69) is 4.90 Å². The van der Waals surface area contributed by atoms with Crippen LogP contribution in [0.1, 0.15) is 52.0 Å². The number of nitrogens with zero attached hydrogens (tertiary/aromatic N) is 2. The van der Waals surface area contributed by atoms with E-state index in [4.69, 9.17) is 4.74 Å². The zero-order valence-corrected chi connectivity index (χ0v) is 17.1. The summed E-state index contributed by atoms with van der Waals surface area (Å²) in [6, 6.07) is 5.35. The lowest BCUT2D eigenvalue weighted by atomic mass is 9.79. The molecule has 2 aliphatic heterocycles. The van der Waals surface area contributed by atoms with Crippen molar-refractivity contribution in [2.24, 2.45) is 11.8 Å². The number of rotatable bonds is 2. The lowest BCUT2D eigenvalue weighted by Gasteiger charge is -2.41. The second-order valence-electron chi connectivity index (χ2n) is 9.08. The molecule has 0 bridgehead atoms. The van der Waals surface area contributed by atoms with Gasteiger partial charge in [-0.2, -0.15) is 0 Å². The van der Waals surface area contributed by atoms with Crippen molar-refractivity contribution in [3.8, 4) is 0 Å². The molecule has 0 radical (unpaired) electrons. The van der Waals surface area contributed by atoms with E-state index in [0.29, 0.717) is 11.8 Å². The van der Waals surface area contributed by atoms with Gasteiger partial charge in [-0.3, -0.25) is 0 Å². The van der Waals surface area contributed by atoms with Crippen molar-refractivity contribution in [1.29, 1.82) is 0 Å². The molecule has 27 heavy (non-hydrogen) atoms. The summed E-state index contributed by atoms with van der Waals surface area (Å²) < 4.78 is 19.6. The van der Waals surface area contributed by atoms with Gasteiger partial charge in [0.1, 0.15) is 11.4 Å². The predicted molar refractivity (Wildman–Crippen MR) is 107 cm³/mol. The summed E-state index contributed by atoms with van der Waals surface area (Å²) in [6.07, 6.45) is 4.10. The minimum absolute atomic E-state index is 0.121. The number of ether oxygens (including phenoxy) is 1. The number of piperidine rings is 2. The Bertz CT molecular complexity index is 655. The highest BCUT2D eigenvalue weighted by Gasteiger charge is 2.32. The van der Waals surface area contributed by atoms with Crippen molar-refractivity contribution in [3.05, 3.63) is 29.6 Å². The lowest BCUT2D eigenvalue weighted by molar-refractivity contribution is 0.0152. The highest BCUT2D eigenvalue weighted by molar-refractivity contribution is 5.68. The zero-order valence-electron chi connectivity index (χ0n) is 17.1. The van der Waals surface area contributed by atoms with Crippen LogP contribution in [0.2, 0.25) is 0 Å². The maximum atomic E-state index is 14.2. The van der Waals surface area contributed by atoms with Crippen molar-refractivity contribution in [3.63, 3.8) is 0 Å². The Kier molecular flexibility index (Phi) is 5.97. The first-order valence-corrected chi connectivity index (χ1v) is 10.2. The number of aryl methyl sites for hydroxylation is 1. The van der Waals surface area contributed by atoms with Gasteiger partial charge in [-0.05, 0) is 82.9 Å². The van der Waals surface area contributed by atoms with E-state index < -0.39 is 5.60 Å². The molecule has 4 nitrogen and oxygen atoms in total. The van der Waals surface area contributed by atoms with E-state index in [-0.39, 0.29) is 11.9 Å². The number of carbonyl (C=O) groups excluding carboxylic acids is 1. The third kappa shape index (κ3) is 5.14. The Morgan fingerprint density at radius 2 is 1.59 bits per heavy atom. The fourth-order valence-electron chi connectivity index (χ4n) is 4.36. The van der Waals surface area contributed by atoms with Gasteiger partial charge in [0.2, 0.25) is 0 Å². The van der Waals surface area contributed by atoms with Crippen molar-refractivity contribution < 1.29 is 13.9 Å². The number of hydrogen-bond donors (Lipinski definition) is 0. The molecular formula is C22H33FN2O2. The third-order valence-electron chi connectivity index (χ3n) is 5.84. The fourth-order valence-corrected chi connectivity index (χ4v) is 4.36. The Morgan fingerprint density at radius 1 is 1.04 bits per heavy atom. The van der Waals surface area contributed by atoms with Gasteiger partial charge in [-0.1, -0.05) is 6.07 Å². The maximum absolute atomic E-state index is 14.2. The quantitative estimate of drug-likeness (QED) is 0.728. The zero-order chi connectivity index (χ0) is 19.6. The number of anilines is 1. The molecule has 0 aliphatic carbocycles. The lowest BCUT2D eigenvalue weighted by Crippen LogP contribution is -2.44. The second-order valence-corrected chi connectivity index (χ2v) is 9.08. The van der Waals surface area contributed by atoms with E-state index in [9.17, 15) is 9.18 Å². The van der Waals surface area contributed by atoms with Gasteiger partial charge < -0.3 is 14.5 Å². The molecule has 2 saturated heterocycles. The maximum Gasteiger partial charge on any atom is 0.410 e. The monoisotopic (exact) mass is 376 g/mol. The van der Waals surface area contributed by atoms with Gasteiger partial charge in [-0.15, -0.1) is 0 Å². The standard InChI is InChI=1S/C22H33FN2O2/c1-16-5-6-19(23)20(15-16)24-11-7-17(8-12-24)18-9-13-25(14-10-18)21(26)27-22(2,3)4/h5-6,15,17-18H,7-14H2,1-4H3. The average molecular weight is 377 g/mol. The Hall–Kier alpha value is -1.78. The van der Waals surface area contributed by atoms with E-state index in [0.717, 1.165) is 63.1 Å². The Balaban J connectivity index is 1.48. The number of carbonyl (C=O) groups is 1. The van der Waals surface area contributed by atoms with Crippen LogP contribution in [0, 0.1) is 24.6 Å². The van der Waals surface area contributed by atoms with E-state index >= 15 is 0 Å². The van der Waals surface area contributed by atoms with Gasteiger partial charge in [0.15, 0.2) is 0 Å². The largest absolute Gasteiger partial charge is 0.444 e. The highest BCUT2D eigenvalue weighted by Crippen LogP contribution is 2.35. The van der Waals surface area contributed by atoms with Gasteiger partial charge in [0, 0.05) is 26.2 Å². The van der Waals surface area contributed by atoms with E-state index in [1.165, 1.54) is 0 Å². The molecule has 1 amide bonds. The van der Waals surface area contributed by atoms with Gasteiger partial charge >= 0.3 is 6.09 Å². The summed E-state index contributed by atoms with van der Waals surface area (Å²) in [4.78, 5) is 16.3. The van der Waals surface area contributed by atoms with E-state index in [1.54, 1.807) is 6.07 Å². The summed E-state index contributed by atoms with van der Waals surface area (Å²) in [6.45, 7) is 11.1. The van der Waals surface area contributed by atoms with Crippen LogP contribution in [0.5, 0.6) is 0 Å². The van der Waals surface area contributed by atoms with E-state index in [1.807, 2.05) is 44.7 Å². The first-order chi connectivity index (χ1) is 12.7. The highest BCUT2D eigenvalue weighted by atomic mass is 19.1. The van der Waals surface area contributed by atoms with Crippen molar-refractivity contribution >= 4 is 11.8 Å². The summed E-state index contributed by atoms with van der Waals surface area (Å²) in [5, 5.41) is 0. The van der Waals surface area contributed by atoms with Crippen molar-refractivity contribution in [2.45, 2.75) is 59.0 Å². The van der Waals surface area contributed by atoms with Gasteiger partial charge in [0.05, 0.1) is 5.69 Å². The molecular weight excluding hydrogens is 343 g/mol. The minimum atomic E-state index is -0.439. The topological polar surface area (TPSA) is 32.8 Å². The van der Waals surface area contributed by atoms with Crippen LogP contribution >= 0.6 is 0 Å². The summed E-state index contributed by atoms with van der Waals surface area (Å²) >= 11 is 0. The Labute approximate surface area is 162 Å².